The molecule has 13 nitrogen and oxygen atoms in total. The molecule has 0 spiro atoms. The van der Waals surface area contributed by atoms with Gasteiger partial charge in [-0.25, -0.2) is 13.2 Å². The minimum atomic E-state index is -4.66. The summed E-state index contributed by atoms with van der Waals surface area (Å²) in [5, 5.41) is 0. The maximum atomic E-state index is 15.1. The van der Waals surface area contributed by atoms with Crippen LogP contribution in [0, 0.1) is 0 Å². The van der Waals surface area contributed by atoms with Crippen LogP contribution in [0.25, 0.3) is 0 Å². The van der Waals surface area contributed by atoms with Gasteiger partial charge in [0.15, 0.2) is 0 Å². The number of hydrogen-bond acceptors (Lipinski definition) is 11. The maximum Gasteiger partial charge on any atom is 0.411 e. The van der Waals surface area contributed by atoms with Gasteiger partial charge in [-0.2, -0.15) is 4.31 Å². The zero-order chi connectivity index (χ0) is 34.9. The van der Waals surface area contributed by atoms with Crippen molar-refractivity contribution in [1.29, 1.82) is 0 Å². The van der Waals surface area contributed by atoms with E-state index in [0.717, 1.165) is 25.9 Å². The molecule has 3 aromatic carbocycles. The van der Waals surface area contributed by atoms with Crippen molar-refractivity contribution in [3.05, 3.63) is 71.8 Å². The van der Waals surface area contributed by atoms with Gasteiger partial charge in [0.2, 0.25) is 5.60 Å². The molecule has 2 amide bonds. The Kier molecular flexibility index (Phi) is 9.65. The second kappa shape index (κ2) is 13.8. The van der Waals surface area contributed by atoms with Crippen molar-refractivity contribution in [3.8, 4) is 23.0 Å². The van der Waals surface area contributed by atoms with Crippen LogP contribution in [0.2, 0.25) is 0 Å². The molecule has 262 valence electrons. The molecule has 0 aromatic heterocycles. The Morgan fingerprint density at radius 1 is 0.755 bits per heavy atom. The van der Waals surface area contributed by atoms with Crippen molar-refractivity contribution in [2.75, 3.05) is 79.1 Å². The van der Waals surface area contributed by atoms with Crippen molar-refractivity contribution in [2.24, 2.45) is 0 Å². The smallest absolute Gasteiger partial charge is 0.411 e. The van der Waals surface area contributed by atoms with Gasteiger partial charge >= 0.3 is 6.09 Å². The van der Waals surface area contributed by atoms with E-state index in [-0.39, 0.29) is 33.2 Å². The number of para-hydroxylation sites is 1. The molecule has 0 saturated carbocycles. The first-order chi connectivity index (χ1) is 23.6. The number of likely N-dealkylation sites (tertiary alicyclic amines) is 1. The molecule has 3 aromatic rings. The lowest BCUT2D eigenvalue weighted by Crippen LogP contribution is -2.55. The average Bonchev–Trinajstić information content (AvgIpc) is 3.38. The van der Waals surface area contributed by atoms with E-state index in [1.54, 1.807) is 35.2 Å². The van der Waals surface area contributed by atoms with E-state index in [1.165, 1.54) is 58.8 Å². The Morgan fingerprint density at radius 2 is 1.39 bits per heavy atom. The second-order valence-electron chi connectivity index (χ2n) is 12.3. The standard InChI is InChI=1S/C35H42N4O9S/c1-36-16-14-24(15-17-36)37-18-20-38(21-19-37)34(41)48-35(27-8-6-7-9-30(27)46-4)28-22-25(44-2)10-12-29(28)39(33(35)40)49(42,43)32-13-11-26(45-3)23-31(32)47-5/h6-13,22-24H,14-21H2,1-5H3. The summed E-state index contributed by atoms with van der Waals surface area (Å²) in [6, 6.07) is 15.8. The van der Waals surface area contributed by atoms with Crippen molar-refractivity contribution in [3.63, 3.8) is 0 Å². The van der Waals surface area contributed by atoms with E-state index in [2.05, 4.69) is 16.8 Å². The topological polar surface area (TPSA) is 127 Å². The Hall–Kier alpha value is -4.53. The number of fused-ring (bicyclic) bond motifs is 1. The molecule has 6 rings (SSSR count). The number of benzene rings is 3. The number of amides is 2. The summed E-state index contributed by atoms with van der Waals surface area (Å²) in [5.41, 5.74) is -1.99. The molecular formula is C35H42N4O9S. The molecule has 2 saturated heterocycles. The minimum Gasteiger partial charge on any atom is -0.497 e. The lowest BCUT2D eigenvalue weighted by molar-refractivity contribution is -0.132. The summed E-state index contributed by atoms with van der Waals surface area (Å²) < 4.78 is 58.1. The van der Waals surface area contributed by atoms with Crippen LogP contribution in [0.4, 0.5) is 10.5 Å². The number of sulfonamides is 1. The third kappa shape index (κ3) is 6.02. The van der Waals surface area contributed by atoms with Crippen LogP contribution in [0.3, 0.4) is 0 Å². The monoisotopic (exact) mass is 694 g/mol. The SMILES string of the molecule is COc1ccc(S(=O)(=O)N2C(=O)C(OC(=O)N3CCN(C4CCN(C)CC4)CC3)(c3ccccc3OC)c3cc(OC)ccc32)c(OC)c1. The predicted octanol–water partition coefficient (Wildman–Crippen LogP) is 3.55. The van der Waals surface area contributed by atoms with Gasteiger partial charge in [0.1, 0.15) is 27.9 Å². The molecule has 14 heteroatoms. The van der Waals surface area contributed by atoms with Crippen LogP contribution in [0.1, 0.15) is 24.0 Å². The van der Waals surface area contributed by atoms with Gasteiger partial charge in [0.05, 0.1) is 39.7 Å². The summed E-state index contributed by atoms with van der Waals surface area (Å²) in [6.45, 7) is 4.14. The highest BCUT2D eigenvalue weighted by Crippen LogP contribution is 2.53. The van der Waals surface area contributed by atoms with Gasteiger partial charge in [0.25, 0.3) is 15.9 Å². The second-order valence-corrected chi connectivity index (χ2v) is 14.0. The Labute approximate surface area is 286 Å². The van der Waals surface area contributed by atoms with Gasteiger partial charge in [-0.05, 0) is 69.4 Å². The minimum absolute atomic E-state index is 0.00513. The third-order valence-electron chi connectivity index (χ3n) is 9.68. The molecule has 1 atom stereocenters. The van der Waals surface area contributed by atoms with Crippen LogP contribution < -0.4 is 23.3 Å². The fourth-order valence-corrected chi connectivity index (χ4v) is 8.57. The fourth-order valence-electron chi connectivity index (χ4n) is 6.97. The number of carbonyl (C=O) groups excluding carboxylic acids is 2. The molecule has 0 N–H and O–H groups in total. The first-order valence-corrected chi connectivity index (χ1v) is 17.6. The Morgan fingerprint density at radius 3 is 2.04 bits per heavy atom. The normalized spacial score (nSPS) is 20.6. The summed E-state index contributed by atoms with van der Waals surface area (Å²) in [4.78, 5) is 35.3. The summed E-state index contributed by atoms with van der Waals surface area (Å²) in [6.07, 6.45) is 1.38. The van der Waals surface area contributed by atoms with E-state index in [1.807, 2.05) is 0 Å². The van der Waals surface area contributed by atoms with Gasteiger partial charge < -0.3 is 33.5 Å². The van der Waals surface area contributed by atoms with E-state index in [0.29, 0.717) is 48.0 Å². The van der Waals surface area contributed by atoms with Gasteiger partial charge in [0, 0.05) is 43.9 Å². The number of piperidine rings is 1. The zero-order valence-corrected chi connectivity index (χ0v) is 29.2. The molecule has 3 heterocycles. The van der Waals surface area contributed by atoms with Crippen LogP contribution in [0.5, 0.6) is 23.0 Å². The highest BCUT2D eigenvalue weighted by Gasteiger charge is 2.61. The molecule has 3 aliphatic heterocycles. The van der Waals surface area contributed by atoms with E-state index in [9.17, 15) is 13.2 Å². The molecule has 1 unspecified atom stereocenters. The first-order valence-electron chi connectivity index (χ1n) is 16.1. The zero-order valence-electron chi connectivity index (χ0n) is 28.4. The number of nitrogens with zero attached hydrogens (tertiary/aromatic N) is 4. The van der Waals surface area contributed by atoms with E-state index >= 15 is 4.79 Å². The van der Waals surface area contributed by atoms with Gasteiger partial charge in [-0.15, -0.1) is 0 Å². The highest BCUT2D eigenvalue weighted by molar-refractivity contribution is 7.93. The molecule has 0 aliphatic carbocycles. The fraction of sp³-hybridized carbons (Fsp3) is 0.429. The quantitative estimate of drug-likeness (QED) is 0.327. The number of hydrogen-bond donors (Lipinski definition) is 0. The number of carbonyl (C=O) groups is 2. The highest BCUT2D eigenvalue weighted by atomic mass is 32.2. The van der Waals surface area contributed by atoms with Crippen molar-refractivity contribution >= 4 is 27.7 Å². The molecular weight excluding hydrogens is 652 g/mol. The van der Waals surface area contributed by atoms with Gasteiger partial charge in [-0.1, -0.05) is 18.2 Å². The summed E-state index contributed by atoms with van der Waals surface area (Å²) in [7, 11) is 3.11. The lowest BCUT2D eigenvalue weighted by Gasteiger charge is -2.42. The van der Waals surface area contributed by atoms with Crippen molar-refractivity contribution in [2.45, 2.75) is 29.4 Å². The third-order valence-corrected chi connectivity index (χ3v) is 11.4. The predicted molar refractivity (Wildman–Crippen MR) is 181 cm³/mol. The molecule has 0 radical (unpaired) electrons. The van der Waals surface area contributed by atoms with Crippen LogP contribution in [0.15, 0.2) is 65.6 Å². The molecule has 0 bridgehead atoms. The summed E-state index contributed by atoms with van der Waals surface area (Å²) >= 11 is 0. The Bertz CT molecular complexity index is 1820. The van der Waals surface area contributed by atoms with E-state index in [4.69, 9.17) is 23.7 Å². The number of ether oxygens (including phenoxy) is 5. The van der Waals surface area contributed by atoms with E-state index < -0.39 is 27.6 Å². The van der Waals surface area contributed by atoms with Crippen LogP contribution >= 0.6 is 0 Å². The maximum absolute atomic E-state index is 15.1. The van der Waals surface area contributed by atoms with Crippen LogP contribution in [-0.2, 0) is 25.2 Å². The number of rotatable bonds is 9. The first kappa shape index (κ1) is 34.3. The van der Waals surface area contributed by atoms with Crippen LogP contribution in [-0.4, -0.2) is 116 Å². The van der Waals surface area contributed by atoms with Gasteiger partial charge in [-0.3, -0.25) is 9.69 Å². The van der Waals surface area contributed by atoms with Crippen molar-refractivity contribution in [1.82, 2.24) is 14.7 Å². The molecule has 2 fully saturated rings. The number of piperazine rings is 1. The van der Waals surface area contributed by atoms with Crippen molar-refractivity contribution < 1.29 is 41.7 Å². The Balaban J connectivity index is 1.44. The number of anilines is 1. The molecule has 3 aliphatic rings. The summed E-state index contributed by atoms with van der Waals surface area (Å²) in [5.74, 6) is -0.129. The lowest BCUT2D eigenvalue weighted by atomic mass is 9.86. The largest absolute Gasteiger partial charge is 0.497 e. The molecule has 49 heavy (non-hydrogen) atoms. The average molecular weight is 695 g/mol. The number of methoxy groups -OCH3 is 4.